The number of aromatic nitrogens is 4. The summed E-state index contributed by atoms with van der Waals surface area (Å²) in [6, 6.07) is 14.2. The molecule has 2 aromatic carbocycles. The van der Waals surface area contributed by atoms with Crippen LogP contribution in [0.5, 0.6) is 0 Å². The molecule has 2 aromatic heterocycles. The van der Waals surface area contributed by atoms with E-state index in [2.05, 4.69) is 10.1 Å². The second-order valence-corrected chi connectivity index (χ2v) is 8.49. The predicted molar refractivity (Wildman–Crippen MR) is 132 cm³/mol. The zero-order valence-electron chi connectivity index (χ0n) is 18.9. The quantitative estimate of drug-likeness (QED) is 0.170. The van der Waals surface area contributed by atoms with Gasteiger partial charge in [0.1, 0.15) is 6.20 Å². The molecule has 35 heavy (non-hydrogen) atoms. The molecule has 0 atom stereocenters. The lowest BCUT2D eigenvalue weighted by atomic mass is 10.0. The van der Waals surface area contributed by atoms with Crippen molar-refractivity contribution < 1.29 is 14.5 Å². The molecule has 0 saturated heterocycles. The predicted octanol–water partition coefficient (Wildman–Crippen LogP) is 5.68. The minimum Gasteiger partial charge on any atom is -0.461 e. The summed E-state index contributed by atoms with van der Waals surface area (Å²) in [6.45, 7) is 3.79. The van der Waals surface area contributed by atoms with Crippen LogP contribution >= 0.6 is 23.2 Å². The number of hydrogen-bond acceptors (Lipinski definition) is 6. The Morgan fingerprint density at radius 3 is 2.31 bits per heavy atom. The van der Waals surface area contributed by atoms with Gasteiger partial charge < -0.3 is 14.9 Å². The first-order valence-corrected chi connectivity index (χ1v) is 11.5. The van der Waals surface area contributed by atoms with Gasteiger partial charge in [-0.3, -0.25) is 0 Å². The molecule has 0 N–H and O–H groups in total. The largest absolute Gasteiger partial charge is 0.461 e. The monoisotopic (exact) mass is 513 g/mol. The molecule has 4 aromatic rings. The molecule has 9 nitrogen and oxygen atoms in total. The van der Waals surface area contributed by atoms with E-state index in [1.54, 1.807) is 54.9 Å². The van der Waals surface area contributed by atoms with E-state index in [1.807, 2.05) is 12.1 Å². The Kier molecular flexibility index (Phi) is 7.18. The van der Waals surface area contributed by atoms with E-state index in [1.165, 1.54) is 10.8 Å². The van der Waals surface area contributed by atoms with Gasteiger partial charge in [-0.15, -0.1) is 0 Å². The standard InChI is InChI=1S/C24H21Cl2N5O4/c1-3-35-24(32)22-20(12-13-29-15(2)27-14-21(29)31(33)34)23(16-4-6-17(25)7-5-16)30(28-22)19-10-8-18(26)9-11-19/h4-11,14H,3,12-13H2,1-2H3. The molecule has 0 aliphatic rings. The molecule has 180 valence electrons. The van der Waals surface area contributed by atoms with Crippen molar-refractivity contribution in [3.8, 4) is 16.9 Å². The topological polar surface area (TPSA) is 105 Å². The Morgan fingerprint density at radius 2 is 1.71 bits per heavy atom. The summed E-state index contributed by atoms with van der Waals surface area (Å²) in [5.74, 6) is -0.215. The van der Waals surface area contributed by atoms with Gasteiger partial charge in [-0.1, -0.05) is 35.3 Å². The molecule has 0 spiro atoms. The van der Waals surface area contributed by atoms with E-state index in [-0.39, 0.29) is 31.1 Å². The van der Waals surface area contributed by atoms with Crippen LogP contribution < -0.4 is 0 Å². The summed E-state index contributed by atoms with van der Waals surface area (Å²) < 4.78 is 8.43. The van der Waals surface area contributed by atoms with Crippen LogP contribution in [0.4, 0.5) is 5.82 Å². The normalized spacial score (nSPS) is 11.0. The second-order valence-electron chi connectivity index (χ2n) is 7.61. The molecule has 11 heteroatoms. The minimum absolute atomic E-state index is 0.127. The summed E-state index contributed by atoms with van der Waals surface area (Å²) in [5, 5.41) is 17.2. The highest BCUT2D eigenvalue weighted by Gasteiger charge is 2.27. The van der Waals surface area contributed by atoms with Crippen molar-refractivity contribution in [2.24, 2.45) is 0 Å². The number of nitrogens with zero attached hydrogens (tertiary/aromatic N) is 5. The Morgan fingerprint density at radius 1 is 1.09 bits per heavy atom. The Bertz CT molecular complexity index is 1380. The molecule has 0 unspecified atom stereocenters. The lowest BCUT2D eigenvalue weighted by Gasteiger charge is -2.11. The first-order valence-electron chi connectivity index (χ1n) is 10.8. The third-order valence-electron chi connectivity index (χ3n) is 5.45. The number of ether oxygens (including phenoxy) is 1. The third-order valence-corrected chi connectivity index (χ3v) is 5.95. The van der Waals surface area contributed by atoms with Gasteiger partial charge in [0.2, 0.25) is 0 Å². The van der Waals surface area contributed by atoms with Crippen molar-refractivity contribution >= 4 is 35.0 Å². The van der Waals surface area contributed by atoms with Crippen molar-refractivity contribution in [2.75, 3.05) is 6.61 Å². The highest BCUT2D eigenvalue weighted by molar-refractivity contribution is 6.30. The molecular formula is C24H21Cl2N5O4. The van der Waals surface area contributed by atoms with Crippen LogP contribution in [0.25, 0.3) is 16.9 Å². The van der Waals surface area contributed by atoms with E-state index in [0.717, 1.165) is 5.56 Å². The van der Waals surface area contributed by atoms with Gasteiger partial charge >= 0.3 is 11.8 Å². The van der Waals surface area contributed by atoms with Crippen LogP contribution in [0.1, 0.15) is 28.8 Å². The molecule has 0 aliphatic carbocycles. The van der Waals surface area contributed by atoms with E-state index < -0.39 is 10.9 Å². The first-order chi connectivity index (χ1) is 16.8. The van der Waals surface area contributed by atoms with Gasteiger partial charge in [0.25, 0.3) is 0 Å². The van der Waals surface area contributed by atoms with Crippen LogP contribution in [0.2, 0.25) is 10.0 Å². The first kappa shape index (κ1) is 24.4. The SMILES string of the molecule is CCOC(=O)c1nn(-c2ccc(Cl)cc2)c(-c2ccc(Cl)cc2)c1CCn1c([N+](=O)[O-])cnc1C. The Hall–Kier alpha value is -3.69. The molecule has 4 rings (SSSR count). The van der Waals surface area contributed by atoms with Gasteiger partial charge in [-0.2, -0.15) is 5.10 Å². The summed E-state index contributed by atoms with van der Waals surface area (Å²) in [4.78, 5) is 28.0. The number of carbonyl (C=O) groups excluding carboxylic acids is 1. The van der Waals surface area contributed by atoms with Gasteiger partial charge in [-0.05, 0) is 48.2 Å². The number of rotatable bonds is 8. The highest BCUT2D eigenvalue weighted by atomic mass is 35.5. The van der Waals surface area contributed by atoms with E-state index in [4.69, 9.17) is 27.9 Å². The molecule has 2 heterocycles. The maximum absolute atomic E-state index is 12.9. The Labute approximate surface area is 211 Å². The molecule has 0 amide bonds. The maximum atomic E-state index is 12.9. The number of halogens is 2. The molecule has 0 saturated carbocycles. The van der Waals surface area contributed by atoms with Crippen molar-refractivity contribution in [3.05, 3.63) is 92.0 Å². The number of esters is 1. The third kappa shape index (κ3) is 5.06. The molecule has 0 bridgehead atoms. The smallest absolute Gasteiger partial charge is 0.359 e. The van der Waals surface area contributed by atoms with Gasteiger partial charge in [0.05, 0.1) is 24.5 Å². The fraction of sp³-hybridized carbons (Fsp3) is 0.208. The number of nitro groups is 1. The fourth-order valence-corrected chi connectivity index (χ4v) is 4.08. The van der Waals surface area contributed by atoms with Crippen LogP contribution in [-0.4, -0.2) is 36.8 Å². The Balaban J connectivity index is 1.90. The number of aryl methyl sites for hydroxylation is 1. The van der Waals surface area contributed by atoms with Crippen molar-refractivity contribution in [1.82, 2.24) is 19.3 Å². The summed E-state index contributed by atoms with van der Waals surface area (Å²) >= 11 is 12.2. The zero-order valence-corrected chi connectivity index (χ0v) is 20.5. The maximum Gasteiger partial charge on any atom is 0.359 e. The average Bonchev–Trinajstić information content (AvgIpc) is 3.39. The van der Waals surface area contributed by atoms with Crippen molar-refractivity contribution in [1.29, 1.82) is 0 Å². The van der Waals surface area contributed by atoms with Gasteiger partial charge in [0, 0.05) is 34.5 Å². The zero-order chi connectivity index (χ0) is 25.1. The average molecular weight is 514 g/mol. The lowest BCUT2D eigenvalue weighted by Crippen LogP contribution is -2.12. The molecule has 0 fully saturated rings. The van der Waals surface area contributed by atoms with E-state index >= 15 is 0 Å². The van der Waals surface area contributed by atoms with Gasteiger partial charge in [0.15, 0.2) is 11.5 Å². The minimum atomic E-state index is -0.581. The number of hydrogen-bond donors (Lipinski definition) is 0. The van der Waals surface area contributed by atoms with Crippen molar-refractivity contribution in [2.45, 2.75) is 26.8 Å². The molecule has 0 radical (unpaired) electrons. The lowest BCUT2D eigenvalue weighted by molar-refractivity contribution is -0.392. The van der Waals surface area contributed by atoms with Crippen LogP contribution in [0.3, 0.4) is 0 Å². The van der Waals surface area contributed by atoms with E-state index in [9.17, 15) is 14.9 Å². The van der Waals surface area contributed by atoms with Gasteiger partial charge in [-0.25, -0.2) is 19.0 Å². The van der Waals surface area contributed by atoms with Crippen LogP contribution in [0.15, 0.2) is 54.7 Å². The van der Waals surface area contributed by atoms with Crippen molar-refractivity contribution in [3.63, 3.8) is 0 Å². The van der Waals surface area contributed by atoms with E-state index in [0.29, 0.717) is 32.8 Å². The number of benzene rings is 2. The fourth-order valence-electron chi connectivity index (χ4n) is 3.83. The molecular weight excluding hydrogens is 493 g/mol. The van der Waals surface area contributed by atoms with Crippen LogP contribution in [0, 0.1) is 17.0 Å². The highest BCUT2D eigenvalue weighted by Crippen LogP contribution is 2.32. The number of imidazole rings is 1. The number of carbonyl (C=O) groups is 1. The van der Waals surface area contributed by atoms with Crippen LogP contribution in [-0.2, 0) is 17.7 Å². The summed E-state index contributed by atoms with van der Waals surface area (Å²) in [5.41, 5.74) is 2.81. The second kappa shape index (κ2) is 10.3. The molecule has 0 aliphatic heterocycles. The summed E-state index contributed by atoms with van der Waals surface area (Å²) in [6.07, 6.45) is 1.48. The summed E-state index contributed by atoms with van der Waals surface area (Å²) in [7, 11) is 0.